The van der Waals surface area contributed by atoms with Crippen LogP contribution >= 0.6 is 11.3 Å². The summed E-state index contributed by atoms with van der Waals surface area (Å²) in [4.78, 5) is 19.6. The lowest BCUT2D eigenvalue weighted by atomic mass is 9.79. The van der Waals surface area contributed by atoms with Crippen LogP contribution in [-0.4, -0.2) is 61.0 Å². The van der Waals surface area contributed by atoms with Crippen LogP contribution in [0.5, 0.6) is 0 Å². The Hall–Kier alpha value is -1.69. The fraction of sp³-hybridized carbons (Fsp3) is 0.542. The number of likely N-dealkylation sites (N-methyl/N-ethyl adjacent to an activating group) is 1. The highest BCUT2D eigenvalue weighted by Crippen LogP contribution is 2.34. The highest BCUT2D eigenvalue weighted by molar-refractivity contribution is 7.09. The van der Waals surface area contributed by atoms with Crippen LogP contribution in [-0.2, 0) is 6.42 Å². The molecule has 2 aromatic rings. The van der Waals surface area contributed by atoms with Crippen LogP contribution < -0.4 is 5.32 Å². The molecule has 1 amide bonds. The molecule has 1 aromatic heterocycles. The zero-order valence-corrected chi connectivity index (χ0v) is 18.3. The molecule has 2 aliphatic rings. The molecular weight excluding hydrogens is 378 g/mol. The fourth-order valence-electron chi connectivity index (χ4n) is 4.93. The predicted octanol–water partition coefficient (Wildman–Crippen LogP) is 4.02. The third-order valence-corrected chi connectivity index (χ3v) is 7.62. The maximum absolute atomic E-state index is 13.2. The standard InChI is InChI=1S/C24H33N3OS/c1-26-13-15-27(16-14-26)24(11-5-2-6-12-24)19-25-23(28)22-10-4-3-8-20(22)18-21-9-7-17-29-21/h3-4,7-10,17H,2,5-6,11-16,18-19H2,1H3,(H,25,28). The highest BCUT2D eigenvalue weighted by atomic mass is 32.1. The van der Waals surface area contributed by atoms with Crippen molar-refractivity contribution < 1.29 is 4.79 Å². The van der Waals surface area contributed by atoms with Crippen molar-refractivity contribution in [1.29, 1.82) is 0 Å². The first-order valence-corrected chi connectivity index (χ1v) is 11.9. The van der Waals surface area contributed by atoms with Crippen molar-refractivity contribution in [3.8, 4) is 0 Å². The van der Waals surface area contributed by atoms with E-state index in [1.807, 2.05) is 18.2 Å². The molecule has 0 unspecified atom stereocenters. The first kappa shape index (κ1) is 20.6. The van der Waals surface area contributed by atoms with Gasteiger partial charge in [-0.15, -0.1) is 11.3 Å². The van der Waals surface area contributed by atoms with Gasteiger partial charge in [0.05, 0.1) is 0 Å². The Labute approximate surface area is 178 Å². The Bertz CT molecular complexity index is 790. The molecule has 2 fully saturated rings. The number of rotatable bonds is 6. The van der Waals surface area contributed by atoms with E-state index in [1.54, 1.807) is 11.3 Å². The lowest BCUT2D eigenvalue weighted by Gasteiger charge is -2.49. The van der Waals surface area contributed by atoms with Gasteiger partial charge in [-0.05, 0) is 43.0 Å². The van der Waals surface area contributed by atoms with E-state index in [-0.39, 0.29) is 11.4 Å². The Morgan fingerprint density at radius 1 is 1.03 bits per heavy atom. The Balaban J connectivity index is 1.46. The van der Waals surface area contributed by atoms with Crippen LogP contribution in [0.1, 0.15) is 52.9 Å². The van der Waals surface area contributed by atoms with Crippen molar-refractivity contribution in [3.05, 3.63) is 57.8 Å². The van der Waals surface area contributed by atoms with Gasteiger partial charge in [-0.25, -0.2) is 0 Å². The molecule has 1 saturated heterocycles. The summed E-state index contributed by atoms with van der Waals surface area (Å²) in [6, 6.07) is 12.3. The lowest BCUT2D eigenvalue weighted by Crippen LogP contribution is -2.61. The van der Waals surface area contributed by atoms with E-state index in [0.717, 1.165) is 50.3 Å². The van der Waals surface area contributed by atoms with Gasteiger partial charge in [0, 0.05) is 55.1 Å². The molecule has 1 aliphatic carbocycles. The molecule has 1 aliphatic heterocycles. The monoisotopic (exact) mass is 411 g/mol. The summed E-state index contributed by atoms with van der Waals surface area (Å²) < 4.78 is 0. The number of nitrogens with one attached hydrogen (secondary N) is 1. The Morgan fingerprint density at radius 2 is 1.79 bits per heavy atom. The second-order valence-electron chi connectivity index (χ2n) is 8.67. The summed E-state index contributed by atoms with van der Waals surface area (Å²) in [7, 11) is 2.21. The van der Waals surface area contributed by atoms with Gasteiger partial charge < -0.3 is 10.2 Å². The van der Waals surface area contributed by atoms with Gasteiger partial charge in [-0.2, -0.15) is 0 Å². The van der Waals surface area contributed by atoms with E-state index in [4.69, 9.17) is 0 Å². The second kappa shape index (κ2) is 9.41. The number of amides is 1. The van der Waals surface area contributed by atoms with Crippen LogP contribution in [0.4, 0.5) is 0 Å². The van der Waals surface area contributed by atoms with Crippen molar-refractivity contribution >= 4 is 17.2 Å². The largest absolute Gasteiger partial charge is 0.350 e. The topological polar surface area (TPSA) is 35.6 Å². The van der Waals surface area contributed by atoms with Crippen LogP contribution in [0.15, 0.2) is 41.8 Å². The van der Waals surface area contributed by atoms with Gasteiger partial charge in [-0.3, -0.25) is 9.69 Å². The predicted molar refractivity (Wildman–Crippen MR) is 121 cm³/mol. The van der Waals surface area contributed by atoms with E-state index >= 15 is 0 Å². The molecule has 0 spiro atoms. The molecular formula is C24H33N3OS. The average Bonchev–Trinajstić information content (AvgIpc) is 3.27. The quantitative estimate of drug-likeness (QED) is 0.780. The van der Waals surface area contributed by atoms with Crippen molar-refractivity contribution in [2.45, 2.75) is 44.1 Å². The minimum absolute atomic E-state index is 0.0798. The number of carbonyl (C=O) groups is 1. The van der Waals surface area contributed by atoms with Gasteiger partial charge in [0.2, 0.25) is 0 Å². The summed E-state index contributed by atoms with van der Waals surface area (Å²) >= 11 is 1.75. The van der Waals surface area contributed by atoms with E-state index in [0.29, 0.717) is 0 Å². The minimum atomic E-state index is 0.0798. The van der Waals surface area contributed by atoms with Crippen LogP contribution in [0.3, 0.4) is 0 Å². The maximum Gasteiger partial charge on any atom is 0.251 e. The third kappa shape index (κ3) is 4.90. The molecule has 5 heteroatoms. The first-order valence-electron chi connectivity index (χ1n) is 11.0. The third-order valence-electron chi connectivity index (χ3n) is 6.74. The van der Waals surface area contributed by atoms with Crippen molar-refractivity contribution in [2.75, 3.05) is 39.8 Å². The highest BCUT2D eigenvalue weighted by Gasteiger charge is 2.39. The molecule has 0 atom stereocenters. The molecule has 2 heterocycles. The van der Waals surface area contributed by atoms with E-state index in [2.05, 4.69) is 45.7 Å². The van der Waals surface area contributed by atoms with Gasteiger partial charge in [-0.1, -0.05) is 43.5 Å². The normalized spacial score (nSPS) is 20.4. The van der Waals surface area contributed by atoms with E-state index in [9.17, 15) is 4.79 Å². The second-order valence-corrected chi connectivity index (χ2v) is 9.70. The first-order chi connectivity index (χ1) is 14.2. The molecule has 156 valence electrons. The van der Waals surface area contributed by atoms with Crippen molar-refractivity contribution in [3.63, 3.8) is 0 Å². The van der Waals surface area contributed by atoms with Crippen molar-refractivity contribution in [1.82, 2.24) is 15.1 Å². The number of hydrogen-bond donors (Lipinski definition) is 1. The van der Waals surface area contributed by atoms with Crippen LogP contribution in [0.2, 0.25) is 0 Å². The van der Waals surface area contributed by atoms with Gasteiger partial charge in [0.25, 0.3) is 5.91 Å². The molecule has 1 N–H and O–H groups in total. The lowest BCUT2D eigenvalue weighted by molar-refractivity contribution is 0.0138. The zero-order chi connectivity index (χ0) is 20.1. The molecule has 4 rings (SSSR count). The number of nitrogens with zero attached hydrogens (tertiary/aromatic N) is 2. The molecule has 1 aromatic carbocycles. The van der Waals surface area contributed by atoms with Crippen molar-refractivity contribution in [2.24, 2.45) is 0 Å². The Kier molecular flexibility index (Phi) is 6.68. The summed E-state index contributed by atoms with van der Waals surface area (Å²) in [5.74, 6) is 0.0798. The number of carbonyl (C=O) groups excluding carboxylic acids is 1. The van der Waals surface area contributed by atoms with E-state index in [1.165, 1.54) is 37.0 Å². The average molecular weight is 412 g/mol. The smallest absolute Gasteiger partial charge is 0.251 e. The zero-order valence-electron chi connectivity index (χ0n) is 17.5. The van der Waals surface area contributed by atoms with Crippen LogP contribution in [0, 0.1) is 0 Å². The number of thiophene rings is 1. The summed E-state index contributed by atoms with van der Waals surface area (Å²) in [5, 5.41) is 5.45. The minimum Gasteiger partial charge on any atom is -0.350 e. The van der Waals surface area contributed by atoms with Gasteiger partial charge in [0.15, 0.2) is 0 Å². The molecule has 1 saturated carbocycles. The number of piperazine rings is 1. The van der Waals surface area contributed by atoms with E-state index < -0.39 is 0 Å². The Morgan fingerprint density at radius 3 is 2.52 bits per heavy atom. The number of benzene rings is 1. The fourth-order valence-corrected chi connectivity index (χ4v) is 5.66. The molecule has 0 radical (unpaired) electrons. The van der Waals surface area contributed by atoms with Crippen LogP contribution in [0.25, 0.3) is 0 Å². The van der Waals surface area contributed by atoms with Gasteiger partial charge in [0.1, 0.15) is 0 Å². The molecule has 0 bridgehead atoms. The summed E-state index contributed by atoms with van der Waals surface area (Å²) in [6.45, 7) is 5.24. The summed E-state index contributed by atoms with van der Waals surface area (Å²) in [6.07, 6.45) is 7.11. The molecule has 4 nitrogen and oxygen atoms in total. The molecule has 29 heavy (non-hydrogen) atoms. The SMILES string of the molecule is CN1CCN(C2(CNC(=O)c3ccccc3Cc3cccs3)CCCCC2)CC1. The number of hydrogen-bond acceptors (Lipinski definition) is 4. The van der Waals surface area contributed by atoms with Gasteiger partial charge >= 0.3 is 0 Å². The summed E-state index contributed by atoms with van der Waals surface area (Å²) in [5.41, 5.74) is 2.08. The maximum atomic E-state index is 13.2.